The van der Waals surface area contributed by atoms with Crippen LogP contribution in [0.4, 0.5) is 0 Å². The molecule has 0 aliphatic heterocycles. The molecule has 0 aromatic heterocycles. The first-order valence-electron chi connectivity index (χ1n) is 6.23. The van der Waals surface area contributed by atoms with Crippen molar-refractivity contribution >= 4 is 5.91 Å². The number of rotatable bonds is 6. The van der Waals surface area contributed by atoms with Crippen LogP contribution in [0.3, 0.4) is 0 Å². The second-order valence-corrected chi connectivity index (χ2v) is 4.53. The molecule has 0 aliphatic carbocycles. The second-order valence-electron chi connectivity index (χ2n) is 4.53. The second kappa shape index (κ2) is 7.01. The fourth-order valence-corrected chi connectivity index (χ4v) is 1.54. The molecule has 4 nitrogen and oxygen atoms in total. The summed E-state index contributed by atoms with van der Waals surface area (Å²) < 4.78 is 5.57. The highest BCUT2D eigenvalue weighted by Gasteiger charge is 2.09. The monoisotopic (exact) mass is 250 g/mol. The molecule has 1 amide bonds. The summed E-state index contributed by atoms with van der Waals surface area (Å²) in [7, 11) is 1.64. The first-order valence-corrected chi connectivity index (χ1v) is 6.23. The zero-order valence-electron chi connectivity index (χ0n) is 11.5. The number of hydrogen-bond acceptors (Lipinski definition) is 3. The first-order chi connectivity index (χ1) is 8.52. The molecule has 0 bridgehead atoms. The fourth-order valence-electron chi connectivity index (χ4n) is 1.54. The molecule has 100 valence electrons. The van der Waals surface area contributed by atoms with Gasteiger partial charge in [0.2, 0.25) is 5.91 Å². The van der Waals surface area contributed by atoms with Crippen molar-refractivity contribution in [1.82, 2.24) is 10.6 Å². The van der Waals surface area contributed by atoms with E-state index in [1.807, 2.05) is 45.0 Å². The van der Waals surface area contributed by atoms with Crippen LogP contribution >= 0.6 is 0 Å². The molecule has 0 fully saturated rings. The molecule has 18 heavy (non-hydrogen) atoms. The summed E-state index contributed by atoms with van der Waals surface area (Å²) >= 11 is 0. The maximum atomic E-state index is 11.3. The zero-order chi connectivity index (χ0) is 13.5. The highest BCUT2D eigenvalue weighted by molar-refractivity contribution is 5.80. The predicted molar refractivity (Wildman–Crippen MR) is 72.6 cm³/mol. The average Bonchev–Trinajstić information content (AvgIpc) is 2.36. The van der Waals surface area contributed by atoms with Crippen molar-refractivity contribution in [2.24, 2.45) is 0 Å². The number of benzene rings is 1. The Kier molecular flexibility index (Phi) is 5.65. The highest BCUT2D eigenvalue weighted by atomic mass is 16.5. The first kappa shape index (κ1) is 14.5. The summed E-state index contributed by atoms with van der Waals surface area (Å²) in [5.74, 6) is 0.864. The molecular formula is C14H22N2O2. The van der Waals surface area contributed by atoms with Crippen molar-refractivity contribution in [2.45, 2.75) is 39.5 Å². The summed E-state index contributed by atoms with van der Waals surface area (Å²) in [6, 6.07) is 7.70. The molecule has 0 radical (unpaired) electrons. The lowest BCUT2D eigenvalue weighted by molar-refractivity contribution is -0.122. The van der Waals surface area contributed by atoms with Crippen LogP contribution < -0.4 is 15.4 Å². The SMILES string of the molecule is CNC(=O)C(C)NCc1ccc(OC(C)C)cc1. The summed E-state index contributed by atoms with van der Waals surface area (Å²) in [5, 5.41) is 5.77. The molecule has 4 heteroatoms. The van der Waals surface area contributed by atoms with Gasteiger partial charge in [0, 0.05) is 13.6 Å². The Morgan fingerprint density at radius 2 is 1.83 bits per heavy atom. The Balaban J connectivity index is 2.46. The minimum atomic E-state index is -0.193. The molecule has 0 aliphatic rings. The maximum absolute atomic E-state index is 11.3. The lowest BCUT2D eigenvalue weighted by atomic mass is 10.2. The third-order valence-electron chi connectivity index (χ3n) is 2.55. The van der Waals surface area contributed by atoms with Gasteiger partial charge in [-0.05, 0) is 38.5 Å². The van der Waals surface area contributed by atoms with Crippen molar-refractivity contribution in [3.05, 3.63) is 29.8 Å². The standard InChI is InChI=1S/C14H22N2O2/c1-10(2)18-13-7-5-12(6-8-13)9-16-11(3)14(17)15-4/h5-8,10-11,16H,9H2,1-4H3,(H,15,17). The van der Waals surface area contributed by atoms with E-state index in [1.165, 1.54) is 0 Å². The van der Waals surface area contributed by atoms with E-state index in [0.717, 1.165) is 11.3 Å². The Hall–Kier alpha value is -1.55. The lowest BCUT2D eigenvalue weighted by Gasteiger charge is -2.13. The van der Waals surface area contributed by atoms with E-state index in [9.17, 15) is 4.79 Å². The largest absolute Gasteiger partial charge is 0.491 e. The number of hydrogen-bond donors (Lipinski definition) is 2. The number of amides is 1. The molecule has 1 aromatic rings. The third kappa shape index (κ3) is 4.75. The predicted octanol–water partition coefficient (Wildman–Crippen LogP) is 1.70. The van der Waals surface area contributed by atoms with Gasteiger partial charge in [-0.25, -0.2) is 0 Å². The van der Waals surface area contributed by atoms with Crippen molar-refractivity contribution in [3.63, 3.8) is 0 Å². The summed E-state index contributed by atoms with van der Waals surface area (Å²) in [5.41, 5.74) is 1.13. The number of ether oxygens (including phenoxy) is 1. The van der Waals surface area contributed by atoms with Crippen LogP contribution in [0.5, 0.6) is 5.75 Å². The number of nitrogens with one attached hydrogen (secondary N) is 2. The van der Waals surface area contributed by atoms with E-state index in [2.05, 4.69) is 10.6 Å². The average molecular weight is 250 g/mol. The molecule has 1 aromatic carbocycles. The molecular weight excluding hydrogens is 228 g/mol. The summed E-state index contributed by atoms with van der Waals surface area (Å²) in [4.78, 5) is 11.3. The maximum Gasteiger partial charge on any atom is 0.236 e. The van der Waals surface area contributed by atoms with Gasteiger partial charge in [-0.3, -0.25) is 4.79 Å². The highest BCUT2D eigenvalue weighted by Crippen LogP contribution is 2.13. The normalized spacial score (nSPS) is 12.3. The molecule has 0 spiro atoms. The smallest absolute Gasteiger partial charge is 0.236 e. The minimum Gasteiger partial charge on any atom is -0.491 e. The molecule has 1 atom stereocenters. The van der Waals surface area contributed by atoms with E-state index < -0.39 is 0 Å². The Bertz CT molecular complexity index is 374. The van der Waals surface area contributed by atoms with Crippen LogP contribution in [-0.4, -0.2) is 25.1 Å². The van der Waals surface area contributed by atoms with Crippen LogP contribution in [0, 0.1) is 0 Å². The summed E-state index contributed by atoms with van der Waals surface area (Å²) in [6.45, 7) is 6.51. The van der Waals surface area contributed by atoms with Gasteiger partial charge in [0.25, 0.3) is 0 Å². The van der Waals surface area contributed by atoms with Gasteiger partial charge in [-0.2, -0.15) is 0 Å². The number of carbonyl (C=O) groups is 1. The Labute approximate surface area is 109 Å². The molecule has 0 saturated heterocycles. The summed E-state index contributed by atoms with van der Waals surface area (Å²) in [6.07, 6.45) is 0.183. The molecule has 0 saturated carbocycles. The number of likely N-dealkylation sites (N-methyl/N-ethyl adjacent to an activating group) is 1. The van der Waals surface area contributed by atoms with Crippen LogP contribution in [0.15, 0.2) is 24.3 Å². The molecule has 1 rings (SSSR count). The van der Waals surface area contributed by atoms with Gasteiger partial charge in [-0.15, -0.1) is 0 Å². The van der Waals surface area contributed by atoms with Gasteiger partial charge in [0.15, 0.2) is 0 Å². The van der Waals surface area contributed by atoms with Crippen molar-refractivity contribution < 1.29 is 9.53 Å². The van der Waals surface area contributed by atoms with E-state index in [1.54, 1.807) is 7.05 Å². The lowest BCUT2D eigenvalue weighted by Crippen LogP contribution is -2.40. The third-order valence-corrected chi connectivity index (χ3v) is 2.55. The minimum absolute atomic E-state index is 0.00485. The van der Waals surface area contributed by atoms with Crippen LogP contribution in [0.25, 0.3) is 0 Å². The van der Waals surface area contributed by atoms with Gasteiger partial charge in [-0.1, -0.05) is 12.1 Å². The van der Waals surface area contributed by atoms with Crippen molar-refractivity contribution in [1.29, 1.82) is 0 Å². The van der Waals surface area contributed by atoms with Gasteiger partial charge >= 0.3 is 0 Å². The van der Waals surface area contributed by atoms with Gasteiger partial charge in [0.1, 0.15) is 5.75 Å². The van der Waals surface area contributed by atoms with Gasteiger partial charge in [0.05, 0.1) is 12.1 Å². The van der Waals surface area contributed by atoms with E-state index in [4.69, 9.17) is 4.74 Å². The molecule has 0 heterocycles. The fraction of sp³-hybridized carbons (Fsp3) is 0.500. The zero-order valence-corrected chi connectivity index (χ0v) is 11.5. The quantitative estimate of drug-likeness (QED) is 0.808. The number of carbonyl (C=O) groups excluding carboxylic acids is 1. The van der Waals surface area contributed by atoms with E-state index >= 15 is 0 Å². The molecule has 1 unspecified atom stereocenters. The van der Waals surface area contributed by atoms with E-state index in [-0.39, 0.29) is 18.1 Å². The Morgan fingerprint density at radius 3 is 2.33 bits per heavy atom. The van der Waals surface area contributed by atoms with Crippen LogP contribution in [0.2, 0.25) is 0 Å². The van der Waals surface area contributed by atoms with Crippen LogP contribution in [0.1, 0.15) is 26.3 Å². The van der Waals surface area contributed by atoms with Crippen LogP contribution in [-0.2, 0) is 11.3 Å². The van der Waals surface area contributed by atoms with Gasteiger partial charge < -0.3 is 15.4 Å². The topological polar surface area (TPSA) is 50.4 Å². The van der Waals surface area contributed by atoms with Crippen molar-refractivity contribution in [3.8, 4) is 5.75 Å². The van der Waals surface area contributed by atoms with Crippen molar-refractivity contribution in [2.75, 3.05) is 7.05 Å². The molecule has 2 N–H and O–H groups in total. The Morgan fingerprint density at radius 1 is 1.22 bits per heavy atom. The van der Waals surface area contributed by atoms with E-state index in [0.29, 0.717) is 6.54 Å².